The summed E-state index contributed by atoms with van der Waals surface area (Å²) < 4.78 is 4.98. The fraction of sp³-hybridized carbons (Fsp3) is 0.833. The van der Waals surface area contributed by atoms with Crippen LogP contribution in [0.3, 0.4) is 0 Å². The third kappa shape index (κ3) is 3.08. The van der Waals surface area contributed by atoms with Crippen molar-refractivity contribution in [2.75, 3.05) is 13.7 Å². The molecule has 0 aromatic rings. The average Bonchev–Trinajstić information content (AvgIpc) is 1.87. The van der Waals surface area contributed by atoms with Crippen LogP contribution in [0.25, 0.3) is 0 Å². The lowest BCUT2D eigenvalue weighted by molar-refractivity contribution is -0.130. The van der Waals surface area contributed by atoms with Crippen LogP contribution >= 0.6 is 0 Å². The molecule has 0 bridgehead atoms. The number of amides is 1. The van der Waals surface area contributed by atoms with Gasteiger partial charge in [0.15, 0.2) is 0 Å². The highest BCUT2D eigenvalue weighted by Gasteiger charge is 2.08. The summed E-state index contributed by atoms with van der Waals surface area (Å²) in [5.74, 6) is -0.0724. The van der Waals surface area contributed by atoms with Gasteiger partial charge in [0.05, 0.1) is 0 Å². The molecule has 9 heavy (non-hydrogen) atoms. The molecule has 3 nitrogen and oxygen atoms in total. The lowest BCUT2D eigenvalue weighted by atomic mass is 10.4. The Bertz CT molecular complexity index is 93.1. The molecule has 0 aromatic heterocycles. The molecule has 0 spiro atoms. The van der Waals surface area contributed by atoms with Gasteiger partial charge in [-0.3, -0.25) is 4.79 Å². The molecule has 0 heterocycles. The maximum atomic E-state index is 10.7. The van der Waals surface area contributed by atoms with Gasteiger partial charge < -0.3 is 10.1 Å². The van der Waals surface area contributed by atoms with E-state index in [-0.39, 0.29) is 12.0 Å². The molecule has 3 heteroatoms. The van der Waals surface area contributed by atoms with E-state index in [1.165, 1.54) is 0 Å². The number of hydrogen-bond acceptors (Lipinski definition) is 2. The number of carbonyl (C=O) groups is 1. The summed E-state index contributed by atoms with van der Waals surface area (Å²) in [6.07, 6.45) is -0.319. The lowest BCUT2D eigenvalue weighted by Crippen LogP contribution is -2.31. The number of hydrogen-bond donors (Lipinski definition) is 1. The second-order valence-electron chi connectivity index (χ2n) is 1.71. The third-order valence-corrected chi connectivity index (χ3v) is 1.03. The molecule has 54 valence electrons. The van der Waals surface area contributed by atoms with Crippen molar-refractivity contribution in [1.82, 2.24) is 5.32 Å². The van der Waals surface area contributed by atoms with Gasteiger partial charge in [0, 0.05) is 13.7 Å². The predicted octanol–water partition coefficient (Wildman–Crippen LogP) is 0.157. The van der Waals surface area contributed by atoms with Crippen LogP contribution < -0.4 is 5.32 Å². The second kappa shape index (κ2) is 4.32. The number of likely N-dealkylation sites (N-methyl/N-ethyl adjacent to an activating group) is 1. The summed E-state index contributed by atoms with van der Waals surface area (Å²) in [5, 5.41) is 2.49. The molecule has 1 N–H and O–H groups in total. The summed E-state index contributed by atoms with van der Waals surface area (Å²) in [6.45, 7) is 4.16. The van der Waals surface area contributed by atoms with E-state index in [4.69, 9.17) is 4.74 Å². The SMILES string of the molecule is CCOC(C)C(=O)NC. The quantitative estimate of drug-likeness (QED) is 0.592. The van der Waals surface area contributed by atoms with Gasteiger partial charge in [0.25, 0.3) is 0 Å². The molecule has 0 aliphatic rings. The molecule has 0 aliphatic heterocycles. The molecule has 0 aromatic carbocycles. The van der Waals surface area contributed by atoms with E-state index in [1.807, 2.05) is 6.92 Å². The molecule has 0 aliphatic carbocycles. The normalized spacial score (nSPS) is 12.8. The monoisotopic (exact) mass is 131 g/mol. The summed E-state index contributed by atoms with van der Waals surface area (Å²) in [6, 6.07) is 0. The van der Waals surface area contributed by atoms with Crippen molar-refractivity contribution < 1.29 is 9.53 Å². The van der Waals surface area contributed by atoms with Crippen LogP contribution in [0.5, 0.6) is 0 Å². The minimum atomic E-state index is -0.319. The first-order chi connectivity index (χ1) is 4.22. The number of ether oxygens (including phenoxy) is 1. The summed E-state index contributed by atoms with van der Waals surface area (Å²) in [4.78, 5) is 10.7. The third-order valence-electron chi connectivity index (χ3n) is 1.03. The first-order valence-corrected chi connectivity index (χ1v) is 3.05. The zero-order valence-corrected chi connectivity index (χ0v) is 6.10. The number of rotatable bonds is 3. The van der Waals surface area contributed by atoms with Gasteiger partial charge >= 0.3 is 0 Å². The smallest absolute Gasteiger partial charge is 0.248 e. The molecule has 0 saturated carbocycles. The Labute approximate surface area is 55.4 Å². The van der Waals surface area contributed by atoms with E-state index in [0.717, 1.165) is 0 Å². The van der Waals surface area contributed by atoms with Crippen LogP contribution in [0.2, 0.25) is 0 Å². The van der Waals surface area contributed by atoms with E-state index in [1.54, 1.807) is 14.0 Å². The first-order valence-electron chi connectivity index (χ1n) is 3.05. The summed E-state index contributed by atoms with van der Waals surface area (Å²) >= 11 is 0. The minimum Gasteiger partial charge on any atom is -0.369 e. The lowest BCUT2D eigenvalue weighted by Gasteiger charge is -2.08. The van der Waals surface area contributed by atoms with Crippen LogP contribution in [0.1, 0.15) is 13.8 Å². The zero-order valence-electron chi connectivity index (χ0n) is 6.10. The Balaban J connectivity index is 3.45. The number of carbonyl (C=O) groups excluding carboxylic acids is 1. The van der Waals surface area contributed by atoms with Gasteiger partial charge in [-0.25, -0.2) is 0 Å². The Hall–Kier alpha value is -0.570. The van der Waals surface area contributed by atoms with Crippen LogP contribution in [-0.2, 0) is 9.53 Å². The van der Waals surface area contributed by atoms with Crippen molar-refractivity contribution >= 4 is 5.91 Å². The molecule has 0 fully saturated rings. The molecule has 0 saturated heterocycles. The Morgan fingerprint density at radius 2 is 2.33 bits per heavy atom. The fourth-order valence-corrected chi connectivity index (χ4v) is 0.529. The predicted molar refractivity (Wildman–Crippen MR) is 35.2 cm³/mol. The van der Waals surface area contributed by atoms with E-state index >= 15 is 0 Å². The minimum absolute atomic E-state index is 0.0724. The standard InChI is InChI=1S/C6H13NO2/c1-4-9-5(2)6(8)7-3/h5H,4H2,1-3H3,(H,7,8). The van der Waals surface area contributed by atoms with Gasteiger partial charge in [0.1, 0.15) is 6.10 Å². The van der Waals surface area contributed by atoms with E-state index in [0.29, 0.717) is 6.61 Å². The van der Waals surface area contributed by atoms with Crippen LogP contribution in [-0.4, -0.2) is 25.7 Å². The van der Waals surface area contributed by atoms with E-state index in [9.17, 15) is 4.79 Å². The molecule has 1 amide bonds. The Morgan fingerprint density at radius 1 is 1.78 bits per heavy atom. The van der Waals surface area contributed by atoms with Crippen LogP contribution in [0, 0.1) is 0 Å². The summed E-state index contributed by atoms with van der Waals surface area (Å²) in [5.41, 5.74) is 0. The van der Waals surface area contributed by atoms with Crippen molar-refractivity contribution in [3.05, 3.63) is 0 Å². The van der Waals surface area contributed by atoms with Gasteiger partial charge in [-0.1, -0.05) is 0 Å². The highest BCUT2D eigenvalue weighted by molar-refractivity contribution is 5.79. The highest BCUT2D eigenvalue weighted by Crippen LogP contribution is 1.87. The van der Waals surface area contributed by atoms with Crippen molar-refractivity contribution in [1.29, 1.82) is 0 Å². The fourth-order valence-electron chi connectivity index (χ4n) is 0.529. The second-order valence-corrected chi connectivity index (χ2v) is 1.71. The Morgan fingerprint density at radius 3 is 2.67 bits per heavy atom. The van der Waals surface area contributed by atoms with Crippen LogP contribution in [0.4, 0.5) is 0 Å². The highest BCUT2D eigenvalue weighted by atomic mass is 16.5. The largest absolute Gasteiger partial charge is 0.369 e. The molecule has 0 radical (unpaired) electrons. The van der Waals surface area contributed by atoms with Gasteiger partial charge in [0.2, 0.25) is 5.91 Å². The summed E-state index contributed by atoms with van der Waals surface area (Å²) in [7, 11) is 1.60. The zero-order chi connectivity index (χ0) is 7.28. The van der Waals surface area contributed by atoms with Gasteiger partial charge in [-0.15, -0.1) is 0 Å². The topological polar surface area (TPSA) is 38.3 Å². The van der Waals surface area contributed by atoms with Gasteiger partial charge in [-0.05, 0) is 13.8 Å². The first kappa shape index (κ1) is 8.43. The van der Waals surface area contributed by atoms with Crippen molar-refractivity contribution in [2.24, 2.45) is 0 Å². The molecular formula is C6H13NO2. The van der Waals surface area contributed by atoms with Crippen molar-refractivity contribution in [3.8, 4) is 0 Å². The number of nitrogens with one attached hydrogen (secondary N) is 1. The maximum Gasteiger partial charge on any atom is 0.248 e. The molecule has 0 rings (SSSR count). The molecule has 1 unspecified atom stereocenters. The van der Waals surface area contributed by atoms with E-state index < -0.39 is 0 Å². The van der Waals surface area contributed by atoms with E-state index in [2.05, 4.69) is 5.32 Å². The Kier molecular flexibility index (Phi) is 4.05. The van der Waals surface area contributed by atoms with Crippen LogP contribution in [0.15, 0.2) is 0 Å². The maximum absolute atomic E-state index is 10.7. The van der Waals surface area contributed by atoms with Gasteiger partial charge in [-0.2, -0.15) is 0 Å². The molecule has 1 atom stereocenters. The molecular weight excluding hydrogens is 118 g/mol. The van der Waals surface area contributed by atoms with Crippen molar-refractivity contribution in [3.63, 3.8) is 0 Å². The van der Waals surface area contributed by atoms with Crippen molar-refractivity contribution in [2.45, 2.75) is 20.0 Å². The average molecular weight is 131 g/mol.